The molecule has 4 heteroatoms. The van der Waals surface area contributed by atoms with E-state index in [2.05, 4.69) is 37.8 Å². The van der Waals surface area contributed by atoms with E-state index in [4.69, 9.17) is 0 Å². The van der Waals surface area contributed by atoms with Gasteiger partial charge in [-0.15, -0.1) is 0 Å². The van der Waals surface area contributed by atoms with Crippen LogP contribution in [0.2, 0.25) is 0 Å². The Morgan fingerprint density at radius 1 is 1.08 bits per heavy atom. The molecule has 0 aliphatic carbocycles. The van der Waals surface area contributed by atoms with Crippen molar-refractivity contribution in [2.45, 2.75) is 6.92 Å². The van der Waals surface area contributed by atoms with Gasteiger partial charge >= 0.3 is 0 Å². The number of nitrogens with zero attached hydrogens (tertiary/aromatic N) is 2. The number of hydrogen-bond donors (Lipinski definition) is 0. The molecule has 0 bridgehead atoms. The highest BCUT2D eigenvalue weighted by Gasteiger charge is 2.02. The normalized spacial score (nSPS) is 10.5. The van der Waals surface area contributed by atoms with Gasteiger partial charge in [0.2, 0.25) is 0 Å². The molecule has 1 aromatic heterocycles. The molecule has 1 heterocycles. The largest absolute Gasteiger partial charge is 0.253 e. The van der Waals surface area contributed by atoms with Gasteiger partial charge in [-0.2, -0.15) is 0 Å². The Bertz CT molecular complexity index is 468. The van der Waals surface area contributed by atoms with Gasteiger partial charge in [0.15, 0.2) is 0 Å². The molecule has 1 aromatic carbocycles. The summed E-state index contributed by atoms with van der Waals surface area (Å²) in [4.78, 5) is 8.85. The highest BCUT2D eigenvalue weighted by atomic mass is 14.8. The minimum absolute atomic E-state index is 0.973. The molecule has 0 aliphatic heterocycles. The fourth-order valence-electron chi connectivity index (χ4n) is 1.45. The summed E-state index contributed by atoms with van der Waals surface area (Å²) in [6.07, 6.45) is 1.81. The highest BCUT2D eigenvalue weighted by Crippen LogP contribution is 2.02. The van der Waals surface area contributed by atoms with E-state index in [1.54, 1.807) is 0 Å². The molecule has 0 atom stereocenters. The van der Waals surface area contributed by atoms with Crippen molar-refractivity contribution in [2.75, 3.05) is 0 Å². The third-order valence-electron chi connectivity index (χ3n) is 2.22. The number of aryl methyl sites for hydroxylation is 1. The zero-order valence-electron chi connectivity index (χ0n) is 8.13. The molecule has 0 saturated carbocycles. The Labute approximate surface area is 79.2 Å². The topological polar surface area (TPSA) is 25.8 Å². The number of rotatable bonds is 0. The molecule has 0 amide bonds. The number of aromatic nitrogens is 2. The number of benzene rings is 1. The number of fused-ring (bicyclic) bond motifs is 1. The molecule has 13 heavy (non-hydrogen) atoms. The number of hydrogen-bond acceptors (Lipinski definition) is 2. The van der Waals surface area contributed by atoms with Crippen LogP contribution in [-0.4, -0.2) is 25.7 Å². The van der Waals surface area contributed by atoms with Crippen molar-refractivity contribution in [1.82, 2.24) is 9.97 Å². The molecule has 0 unspecified atom stereocenters. The Balaban J connectivity index is 2.92. The predicted molar refractivity (Wildman–Crippen MR) is 60.6 cm³/mol. The van der Waals surface area contributed by atoms with Crippen LogP contribution in [-0.2, 0) is 0 Å². The first-order valence-corrected chi connectivity index (χ1v) is 4.38. The summed E-state index contributed by atoms with van der Waals surface area (Å²) in [7, 11) is 4.13. The van der Waals surface area contributed by atoms with E-state index in [1.807, 2.05) is 13.1 Å². The summed E-state index contributed by atoms with van der Waals surface area (Å²) in [5.41, 5.74) is 5.40. The smallest absolute Gasteiger partial charge is 0.142 e. The molecule has 0 radical (unpaired) electrons. The van der Waals surface area contributed by atoms with Crippen LogP contribution in [0.15, 0.2) is 18.3 Å². The van der Waals surface area contributed by atoms with Crippen LogP contribution in [0, 0.1) is 6.92 Å². The molecular formula is C9H10B2N2. The van der Waals surface area contributed by atoms with Gasteiger partial charge in [-0.3, -0.25) is 9.97 Å². The van der Waals surface area contributed by atoms with Gasteiger partial charge in [0.1, 0.15) is 15.7 Å². The van der Waals surface area contributed by atoms with E-state index in [0.29, 0.717) is 0 Å². The van der Waals surface area contributed by atoms with Crippen molar-refractivity contribution >= 4 is 37.7 Å². The summed E-state index contributed by atoms with van der Waals surface area (Å²) in [5.74, 6) is 0. The molecule has 2 aromatic rings. The first-order valence-electron chi connectivity index (χ1n) is 4.38. The molecule has 0 N–H and O–H groups in total. The molecule has 0 saturated heterocycles. The quantitative estimate of drug-likeness (QED) is 0.445. The van der Waals surface area contributed by atoms with Gasteiger partial charge in [0.25, 0.3) is 0 Å². The van der Waals surface area contributed by atoms with Crippen molar-refractivity contribution in [2.24, 2.45) is 0 Å². The maximum Gasteiger partial charge on any atom is 0.142 e. The molecule has 62 valence electrons. The first kappa shape index (κ1) is 8.30. The average molecular weight is 168 g/mol. The maximum absolute atomic E-state index is 4.47. The Hall–Kier alpha value is -1.31. The lowest BCUT2D eigenvalue weighted by Crippen LogP contribution is -2.15. The summed E-state index contributed by atoms with van der Waals surface area (Å²) in [5, 5.41) is 0. The molecule has 0 aliphatic rings. The minimum atomic E-state index is 0.973. The molecular weight excluding hydrogens is 158 g/mol. The van der Waals surface area contributed by atoms with Crippen molar-refractivity contribution in [1.29, 1.82) is 0 Å². The van der Waals surface area contributed by atoms with Gasteiger partial charge in [-0.1, -0.05) is 23.1 Å². The van der Waals surface area contributed by atoms with Crippen molar-refractivity contribution in [3.63, 3.8) is 0 Å². The SMILES string of the molecule is Bc1ccc(B)c2nc(C)cnc12. The summed E-state index contributed by atoms with van der Waals surface area (Å²) in [6.45, 7) is 1.97. The van der Waals surface area contributed by atoms with Crippen LogP contribution in [0.1, 0.15) is 5.69 Å². The van der Waals surface area contributed by atoms with Gasteiger partial charge in [-0.05, 0) is 6.92 Å². The van der Waals surface area contributed by atoms with Crippen LogP contribution in [0.25, 0.3) is 11.0 Å². The lowest BCUT2D eigenvalue weighted by atomic mass is 9.87. The van der Waals surface area contributed by atoms with E-state index in [1.165, 1.54) is 10.9 Å². The predicted octanol–water partition coefficient (Wildman–Crippen LogP) is -1.54. The fraction of sp³-hybridized carbons (Fsp3) is 0.111. The van der Waals surface area contributed by atoms with Crippen molar-refractivity contribution < 1.29 is 0 Å². The molecule has 2 rings (SSSR count). The maximum atomic E-state index is 4.47. The monoisotopic (exact) mass is 168 g/mol. The lowest BCUT2D eigenvalue weighted by molar-refractivity contribution is 1.19. The van der Waals surface area contributed by atoms with E-state index in [9.17, 15) is 0 Å². The summed E-state index contributed by atoms with van der Waals surface area (Å²) < 4.78 is 0. The van der Waals surface area contributed by atoms with Gasteiger partial charge < -0.3 is 0 Å². The molecule has 2 nitrogen and oxygen atoms in total. The third-order valence-corrected chi connectivity index (χ3v) is 2.22. The second kappa shape index (κ2) is 2.87. The Morgan fingerprint density at radius 3 is 2.38 bits per heavy atom. The van der Waals surface area contributed by atoms with Crippen LogP contribution >= 0.6 is 0 Å². The summed E-state index contributed by atoms with van der Waals surface area (Å²) in [6, 6.07) is 4.17. The fourth-order valence-corrected chi connectivity index (χ4v) is 1.45. The standard InChI is InChI=1S/C9H10B2N2/c1-5-4-12-8-6(10)2-3-7(11)9(8)13-5/h2-4H,10-11H2,1H3. The van der Waals surface area contributed by atoms with Gasteiger partial charge in [-0.25, -0.2) is 0 Å². The average Bonchev–Trinajstić information content (AvgIpc) is 2.12. The third kappa shape index (κ3) is 1.32. The lowest BCUT2D eigenvalue weighted by Gasteiger charge is -2.04. The van der Waals surface area contributed by atoms with Crippen LogP contribution in [0.4, 0.5) is 0 Å². The van der Waals surface area contributed by atoms with Crippen LogP contribution in [0.3, 0.4) is 0 Å². The highest BCUT2D eigenvalue weighted by molar-refractivity contribution is 6.43. The summed E-state index contributed by atoms with van der Waals surface area (Å²) >= 11 is 0. The minimum Gasteiger partial charge on any atom is -0.253 e. The second-order valence-corrected chi connectivity index (χ2v) is 3.41. The van der Waals surface area contributed by atoms with E-state index >= 15 is 0 Å². The van der Waals surface area contributed by atoms with Crippen molar-refractivity contribution in [3.8, 4) is 0 Å². The first-order chi connectivity index (χ1) is 6.18. The molecule has 0 spiro atoms. The van der Waals surface area contributed by atoms with E-state index < -0.39 is 0 Å². The van der Waals surface area contributed by atoms with Crippen LogP contribution in [0.5, 0.6) is 0 Å². The Morgan fingerprint density at radius 2 is 1.69 bits per heavy atom. The van der Waals surface area contributed by atoms with E-state index in [-0.39, 0.29) is 0 Å². The van der Waals surface area contributed by atoms with Gasteiger partial charge in [0, 0.05) is 6.20 Å². The second-order valence-electron chi connectivity index (χ2n) is 3.41. The zero-order valence-corrected chi connectivity index (χ0v) is 8.13. The Kier molecular flexibility index (Phi) is 1.83. The van der Waals surface area contributed by atoms with E-state index in [0.717, 1.165) is 16.7 Å². The molecule has 0 fully saturated rings. The van der Waals surface area contributed by atoms with Gasteiger partial charge in [0.05, 0.1) is 16.7 Å². The zero-order chi connectivity index (χ0) is 9.42. The van der Waals surface area contributed by atoms with Crippen LogP contribution < -0.4 is 10.9 Å². The van der Waals surface area contributed by atoms with Crippen molar-refractivity contribution in [3.05, 3.63) is 24.0 Å².